The molecule has 4 atom stereocenters. The Morgan fingerprint density at radius 1 is 1.30 bits per heavy atom. The molecule has 108 valence electrons. The molecule has 0 aromatic carbocycles. The third-order valence-electron chi connectivity index (χ3n) is 5.32. The Kier molecular flexibility index (Phi) is 2.82. The van der Waals surface area contributed by atoms with Crippen LogP contribution in [0.2, 0.25) is 0 Å². The highest BCUT2D eigenvalue weighted by Gasteiger charge is 2.65. The van der Waals surface area contributed by atoms with Crippen LogP contribution >= 0.6 is 0 Å². The van der Waals surface area contributed by atoms with Crippen molar-refractivity contribution in [3.05, 3.63) is 12.0 Å². The molecule has 5 heteroatoms. The van der Waals surface area contributed by atoms with Crippen LogP contribution in [0, 0.1) is 29.5 Å². The molecule has 4 unspecified atom stereocenters. The van der Waals surface area contributed by atoms with E-state index in [9.17, 15) is 4.39 Å². The molecule has 3 aliphatic carbocycles. The minimum absolute atomic E-state index is 0.343. The van der Waals surface area contributed by atoms with E-state index in [1.54, 1.807) is 0 Å². The van der Waals surface area contributed by atoms with Gasteiger partial charge in [-0.3, -0.25) is 0 Å². The van der Waals surface area contributed by atoms with E-state index < -0.39 is 0 Å². The molecule has 3 fully saturated rings. The second-order valence-corrected chi connectivity index (χ2v) is 6.47. The lowest BCUT2D eigenvalue weighted by Crippen LogP contribution is -2.16. The van der Waals surface area contributed by atoms with Crippen molar-refractivity contribution in [1.29, 1.82) is 0 Å². The number of fused-ring (bicyclic) bond motifs is 5. The number of nitrogens with one attached hydrogen (secondary N) is 2. The fraction of sp³-hybridized carbons (Fsp3) is 0.733. The van der Waals surface area contributed by atoms with Gasteiger partial charge in [-0.05, 0) is 49.4 Å². The van der Waals surface area contributed by atoms with Gasteiger partial charge in [-0.2, -0.15) is 4.98 Å². The third-order valence-corrected chi connectivity index (χ3v) is 5.32. The maximum Gasteiger partial charge on any atom is 0.224 e. The van der Waals surface area contributed by atoms with Gasteiger partial charge in [-0.25, -0.2) is 9.37 Å². The van der Waals surface area contributed by atoms with Gasteiger partial charge >= 0.3 is 0 Å². The monoisotopic (exact) mass is 276 g/mol. The van der Waals surface area contributed by atoms with Crippen LogP contribution in [-0.2, 0) is 0 Å². The van der Waals surface area contributed by atoms with Crippen molar-refractivity contribution in [2.24, 2.45) is 23.7 Å². The lowest BCUT2D eigenvalue weighted by atomic mass is 10.0. The van der Waals surface area contributed by atoms with Gasteiger partial charge in [0.1, 0.15) is 0 Å². The molecular weight excluding hydrogens is 255 g/mol. The molecule has 20 heavy (non-hydrogen) atoms. The lowest BCUT2D eigenvalue weighted by molar-refractivity contribution is 0.456. The summed E-state index contributed by atoms with van der Waals surface area (Å²) in [5, 5.41) is 6.44. The lowest BCUT2D eigenvalue weighted by Gasteiger charge is -2.12. The van der Waals surface area contributed by atoms with E-state index in [-0.39, 0.29) is 5.82 Å². The van der Waals surface area contributed by atoms with E-state index in [2.05, 4.69) is 27.5 Å². The zero-order chi connectivity index (χ0) is 13.7. The van der Waals surface area contributed by atoms with Gasteiger partial charge in [-0.1, -0.05) is 6.92 Å². The van der Waals surface area contributed by atoms with Gasteiger partial charge in [0.2, 0.25) is 5.95 Å². The van der Waals surface area contributed by atoms with Gasteiger partial charge in [0.05, 0.1) is 6.20 Å². The minimum Gasteiger partial charge on any atom is -0.364 e. The Labute approximate surface area is 118 Å². The third kappa shape index (κ3) is 1.86. The summed E-state index contributed by atoms with van der Waals surface area (Å²) in [6.07, 6.45) is 6.42. The quantitative estimate of drug-likeness (QED) is 0.868. The summed E-state index contributed by atoms with van der Waals surface area (Å²) in [4.78, 5) is 8.26. The van der Waals surface area contributed by atoms with Crippen LogP contribution in [0.4, 0.5) is 16.2 Å². The molecule has 0 radical (unpaired) electrons. The number of aromatic nitrogens is 2. The zero-order valence-corrected chi connectivity index (χ0v) is 11.8. The molecule has 1 aromatic rings. The first kappa shape index (κ1) is 12.4. The molecule has 1 heterocycles. The fourth-order valence-corrected chi connectivity index (χ4v) is 4.47. The van der Waals surface area contributed by atoms with Gasteiger partial charge in [-0.15, -0.1) is 0 Å². The normalized spacial score (nSPS) is 36.8. The van der Waals surface area contributed by atoms with Crippen molar-refractivity contribution in [1.82, 2.24) is 9.97 Å². The second-order valence-electron chi connectivity index (χ2n) is 6.47. The van der Waals surface area contributed by atoms with E-state index in [0.717, 1.165) is 36.6 Å². The topological polar surface area (TPSA) is 49.8 Å². The summed E-state index contributed by atoms with van der Waals surface area (Å²) in [6.45, 7) is 2.89. The molecule has 3 aliphatic rings. The van der Waals surface area contributed by atoms with Crippen molar-refractivity contribution >= 4 is 11.8 Å². The molecule has 3 saturated carbocycles. The molecule has 4 rings (SSSR count). The number of hydrogen-bond donors (Lipinski definition) is 2. The van der Waals surface area contributed by atoms with Crippen LogP contribution < -0.4 is 10.6 Å². The molecule has 0 amide bonds. The van der Waals surface area contributed by atoms with E-state index >= 15 is 0 Å². The van der Waals surface area contributed by atoms with Crippen LogP contribution in [0.25, 0.3) is 0 Å². The molecule has 0 spiro atoms. The van der Waals surface area contributed by atoms with Crippen LogP contribution in [0.1, 0.15) is 32.6 Å². The van der Waals surface area contributed by atoms with Gasteiger partial charge in [0.25, 0.3) is 0 Å². The van der Waals surface area contributed by atoms with Crippen LogP contribution in [-0.4, -0.2) is 22.6 Å². The first-order valence-corrected chi connectivity index (χ1v) is 7.81. The van der Waals surface area contributed by atoms with Crippen LogP contribution in [0.15, 0.2) is 6.20 Å². The van der Waals surface area contributed by atoms with E-state index in [4.69, 9.17) is 0 Å². The maximum absolute atomic E-state index is 13.9. The van der Waals surface area contributed by atoms with Crippen molar-refractivity contribution < 1.29 is 4.39 Å². The number of nitrogens with zero attached hydrogens (tertiary/aromatic N) is 2. The van der Waals surface area contributed by atoms with E-state index in [0.29, 0.717) is 17.8 Å². The Morgan fingerprint density at radius 2 is 2.05 bits per heavy atom. The minimum atomic E-state index is -0.343. The Hall–Kier alpha value is -1.39. The molecule has 4 nitrogen and oxygen atoms in total. The number of rotatable bonds is 5. The summed E-state index contributed by atoms with van der Waals surface area (Å²) >= 11 is 0. The summed E-state index contributed by atoms with van der Waals surface area (Å²) in [6, 6.07) is 0.449. The van der Waals surface area contributed by atoms with Crippen molar-refractivity contribution in [2.75, 3.05) is 17.2 Å². The Balaban J connectivity index is 1.46. The van der Waals surface area contributed by atoms with Crippen molar-refractivity contribution in [3.63, 3.8) is 0 Å². The SMILES string of the molecule is CCCNc1ncc(F)c(NC2C3C4CCC(C4)C23)n1. The van der Waals surface area contributed by atoms with Crippen molar-refractivity contribution in [2.45, 2.75) is 38.6 Å². The maximum atomic E-state index is 13.9. The highest BCUT2D eigenvalue weighted by molar-refractivity contribution is 5.44. The molecule has 2 N–H and O–H groups in total. The highest BCUT2D eigenvalue weighted by atomic mass is 19.1. The molecule has 1 aromatic heterocycles. The number of halogens is 1. The first-order chi connectivity index (χ1) is 9.78. The number of hydrogen-bond acceptors (Lipinski definition) is 4. The van der Waals surface area contributed by atoms with Gasteiger partial charge < -0.3 is 10.6 Å². The van der Waals surface area contributed by atoms with E-state index in [1.807, 2.05) is 0 Å². The molecular formula is C15H21FN4. The van der Waals surface area contributed by atoms with Gasteiger partial charge in [0, 0.05) is 12.6 Å². The standard InChI is InChI=1S/C15H21FN4/c1-2-5-17-15-18-7-10(16)14(20-15)19-13-11-8-3-4-9(6-8)12(11)13/h7-9,11-13H,2-6H2,1H3,(H2,17,18,19,20). The summed E-state index contributed by atoms with van der Waals surface area (Å²) in [5.74, 6) is 3.85. The second kappa shape index (κ2) is 4.57. The number of anilines is 2. The zero-order valence-electron chi connectivity index (χ0n) is 11.8. The Morgan fingerprint density at radius 3 is 2.75 bits per heavy atom. The Bertz CT molecular complexity index is 505. The highest BCUT2D eigenvalue weighted by Crippen LogP contribution is 2.66. The predicted molar refractivity (Wildman–Crippen MR) is 76.0 cm³/mol. The molecule has 0 aliphatic heterocycles. The average molecular weight is 276 g/mol. The van der Waals surface area contributed by atoms with Crippen LogP contribution in [0.5, 0.6) is 0 Å². The van der Waals surface area contributed by atoms with Crippen molar-refractivity contribution in [3.8, 4) is 0 Å². The van der Waals surface area contributed by atoms with Crippen LogP contribution in [0.3, 0.4) is 0 Å². The largest absolute Gasteiger partial charge is 0.364 e. The average Bonchev–Trinajstić information content (AvgIpc) is 2.84. The predicted octanol–water partition coefficient (Wildman–Crippen LogP) is 2.89. The molecule has 2 bridgehead atoms. The molecule has 0 saturated heterocycles. The first-order valence-electron chi connectivity index (χ1n) is 7.81. The fourth-order valence-electron chi connectivity index (χ4n) is 4.47. The summed E-state index contributed by atoms with van der Waals surface area (Å²) < 4.78 is 13.9. The summed E-state index contributed by atoms with van der Waals surface area (Å²) in [5.41, 5.74) is 0. The van der Waals surface area contributed by atoms with Gasteiger partial charge in [0.15, 0.2) is 11.6 Å². The smallest absolute Gasteiger partial charge is 0.224 e. The summed E-state index contributed by atoms with van der Waals surface area (Å²) in [7, 11) is 0. The van der Waals surface area contributed by atoms with E-state index in [1.165, 1.54) is 25.5 Å².